The summed E-state index contributed by atoms with van der Waals surface area (Å²) in [5.41, 5.74) is 2.93. The summed E-state index contributed by atoms with van der Waals surface area (Å²) >= 11 is 0. The molecule has 0 aromatic heterocycles. The van der Waals surface area contributed by atoms with Crippen molar-refractivity contribution in [2.75, 3.05) is 32.7 Å². The average Bonchev–Trinajstić information content (AvgIpc) is 2.90. The van der Waals surface area contributed by atoms with Crippen molar-refractivity contribution in [2.24, 2.45) is 0 Å². The quantitative estimate of drug-likeness (QED) is 0.493. The number of rotatable bonds is 7. The van der Waals surface area contributed by atoms with Gasteiger partial charge in [0.05, 0.1) is 13.2 Å². The van der Waals surface area contributed by atoms with Gasteiger partial charge in [0, 0.05) is 24.4 Å². The first-order valence-corrected chi connectivity index (χ1v) is 11.3. The molecule has 3 aromatic rings. The zero-order valence-corrected chi connectivity index (χ0v) is 20.0. The van der Waals surface area contributed by atoms with Crippen LogP contribution >= 0.6 is 0 Å². The maximum atomic E-state index is 12.9. The molecule has 180 valence electrons. The summed E-state index contributed by atoms with van der Waals surface area (Å²) in [6.45, 7) is 2.88. The maximum absolute atomic E-state index is 12.9. The van der Waals surface area contributed by atoms with E-state index in [2.05, 4.69) is 5.32 Å². The van der Waals surface area contributed by atoms with Crippen LogP contribution in [0.15, 0.2) is 72.8 Å². The van der Waals surface area contributed by atoms with Crippen molar-refractivity contribution in [1.29, 1.82) is 0 Å². The highest BCUT2D eigenvalue weighted by Crippen LogP contribution is 2.40. The van der Waals surface area contributed by atoms with E-state index >= 15 is 0 Å². The van der Waals surface area contributed by atoms with Crippen molar-refractivity contribution in [1.82, 2.24) is 4.90 Å². The van der Waals surface area contributed by atoms with Crippen LogP contribution in [0.3, 0.4) is 0 Å². The Balaban J connectivity index is 1.44. The van der Waals surface area contributed by atoms with Crippen LogP contribution in [0.1, 0.15) is 34.5 Å². The molecule has 7 heteroatoms. The third kappa shape index (κ3) is 5.63. The number of likely N-dealkylation sites (N-methyl/N-ethyl adjacent to an activating group) is 1. The summed E-state index contributed by atoms with van der Waals surface area (Å²) in [4.78, 5) is 27.0. The summed E-state index contributed by atoms with van der Waals surface area (Å²) in [6.07, 6.45) is 3.24. The first-order chi connectivity index (χ1) is 17.0. The van der Waals surface area contributed by atoms with Crippen molar-refractivity contribution in [3.8, 4) is 17.2 Å². The summed E-state index contributed by atoms with van der Waals surface area (Å²) in [5.74, 6) is 1.39. The fourth-order valence-electron chi connectivity index (χ4n) is 3.76. The molecule has 0 fully saturated rings. The number of methoxy groups -OCH3 is 1. The van der Waals surface area contributed by atoms with Crippen LogP contribution < -0.4 is 19.5 Å². The Hall–Kier alpha value is -4.26. The Morgan fingerprint density at radius 2 is 1.80 bits per heavy atom. The standard InChI is InChI=1S/C28H28N2O5/c1-19(22-10-7-11-23(18-22)29-28(32)21-8-5-4-6-9-21)30(2)26(31)13-12-20-16-24(33-3)27-25(17-20)34-14-15-35-27/h4-13,16-19H,14-15H2,1-3H3,(H,29,32)/b13-12+. The molecule has 0 aliphatic carbocycles. The minimum atomic E-state index is -0.212. The fraction of sp³-hybridized carbons (Fsp3) is 0.214. The minimum Gasteiger partial charge on any atom is -0.493 e. The van der Waals surface area contributed by atoms with E-state index in [9.17, 15) is 9.59 Å². The van der Waals surface area contributed by atoms with E-state index in [1.165, 1.54) is 6.08 Å². The lowest BCUT2D eigenvalue weighted by Gasteiger charge is -2.24. The van der Waals surface area contributed by atoms with Gasteiger partial charge in [-0.25, -0.2) is 0 Å². The van der Waals surface area contributed by atoms with E-state index in [1.807, 2.05) is 55.5 Å². The zero-order valence-electron chi connectivity index (χ0n) is 20.0. The van der Waals surface area contributed by atoms with E-state index in [4.69, 9.17) is 14.2 Å². The molecule has 35 heavy (non-hydrogen) atoms. The van der Waals surface area contributed by atoms with Gasteiger partial charge in [-0.2, -0.15) is 0 Å². The van der Waals surface area contributed by atoms with Gasteiger partial charge in [-0.15, -0.1) is 0 Å². The first kappa shape index (κ1) is 23.9. The highest BCUT2D eigenvalue weighted by Gasteiger charge is 2.19. The summed E-state index contributed by atoms with van der Waals surface area (Å²) in [7, 11) is 3.31. The van der Waals surface area contributed by atoms with Gasteiger partial charge in [-0.1, -0.05) is 30.3 Å². The van der Waals surface area contributed by atoms with E-state index < -0.39 is 0 Å². The molecule has 1 atom stereocenters. The van der Waals surface area contributed by atoms with E-state index in [1.54, 1.807) is 43.3 Å². The summed E-state index contributed by atoms with van der Waals surface area (Å²) < 4.78 is 16.7. The van der Waals surface area contributed by atoms with E-state index in [0.29, 0.717) is 41.7 Å². The predicted molar refractivity (Wildman–Crippen MR) is 135 cm³/mol. The number of ether oxygens (including phenoxy) is 3. The molecule has 0 radical (unpaired) electrons. The molecule has 1 heterocycles. The second-order valence-electron chi connectivity index (χ2n) is 8.15. The van der Waals surface area contributed by atoms with Gasteiger partial charge >= 0.3 is 0 Å². The van der Waals surface area contributed by atoms with Crippen LogP contribution in [0.2, 0.25) is 0 Å². The lowest BCUT2D eigenvalue weighted by atomic mass is 10.1. The zero-order chi connectivity index (χ0) is 24.8. The Morgan fingerprint density at radius 3 is 2.57 bits per heavy atom. The molecule has 1 N–H and O–H groups in total. The molecule has 0 saturated heterocycles. The van der Waals surface area contributed by atoms with Gasteiger partial charge in [0.15, 0.2) is 11.5 Å². The van der Waals surface area contributed by atoms with Gasteiger partial charge in [0.25, 0.3) is 5.91 Å². The van der Waals surface area contributed by atoms with Crippen LogP contribution in [-0.2, 0) is 4.79 Å². The van der Waals surface area contributed by atoms with Crippen molar-refractivity contribution in [3.05, 3.63) is 89.5 Å². The molecule has 1 aliphatic rings. The minimum absolute atomic E-state index is 0.162. The highest BCUT2D eigenvalue weighted by molar-refractivity contribution is 6.04. The van der Waals surface area contributed by atoms with Crippen LogP contribution in [0, 0.1) is 0 Å². The molecule has 1 aliphatic heterocycles. The average molecular weight is 473 g/mol. The highest BCUT2D eigenvalue weighted by atomic mass is 16.6. The van der Waals surface area contributed by atoms with Crippen molar-refractivity contribution in [3.63, 3.8) is 0 Å². The number of nitrogens with one attached hydrogen (secondary N) is 1. The second-order valence-corrected chi connectivity index (χ2v) is 8.15. The third-order valence-electron chi connectivity index (χ3n) is 5.86. The maximum Gasteiger partial charge on any atom is 0.255 e. The number of hydrogen-bond donors (Lipinski definition) is 1. The Labute approximate surface area is 204 Å². The van der Waals surface area contributed by atoms with Crippen LogP contribution in [-0.4, -0.2) is 44.1 Å². The molecule has 0 bridgehead atoms. The number of fused-ring (bicyclic) bond motifs is 1. The third-order valence-corrected chi connectivity index (χ3v) is 5.86. The number of amides is 2. The number of anilines is 1. The predicted octanol–water partition coefficient (Wildman–Crippen LogP) is 4.95. The number of benzene rings is 3. The van der Waals surface area contributed by atoms with Crippen molar-refractivity contribution >= 4 is 23.6 Å². The largest absolute Gasteiger partial charge is 0.493 e. The molecule has 3 aromatic carbocycles. The Kier molecular flexibility index (Phi) is 7.35. The van der Waals surface area contributed by atoms with Gasteiger partial charge in [-0.3, -0.25) is 9.59 Å². The Bertz CT molecular complexity index is 1220. The number of carbonyl (C=O) groups excluding carboxylic acids is 2. The van der Waals surface area contributed by atoms with Gasteiger partial charge in [0.1, 0.15) is 13.2 Å². The van der Waals surface area contributed by atoms with Crippen molar-refractivity contribution < 1.29 is 23.8 Å². The molecule has 7 nitrogen and oxygen atoms in total. The van der Waals surface area contributed by atoms with Gasteiger partial charge in [-0.05, 0) is 60.5 Å². The normalized spacial score (nSPS) is 13.2. The van der Waals surface area contributed by atoms with Gasteiger partial charge in [0.2, 0.25) is 11.7 Å². The molecular formula is C28H28N2O5. The topological polar surface area (TPSA) is 77.1 Å². The molecule has 4 rings (SSSR count). The summed E-state index contributed by atoms with van der Waals surface area (Å²) in [6, 6.07) is 20.0. The fourth-order valence-corrected chi connectivity index (χ4v) is 3.76. The van der Waals surface area contributed by atoms with Gasteiger partial charge < -0.3 is 24.4 Å². The summed E-state index contributed by atoms with van der Waals surface area (Å²) in [5, 5.41) is 2.91. The lowest BCUT2D eigenvalue weighted by molar-refractivity contribution is -0.126. The Morgan fingerprint density at radius 1 is 1.03 bits per heavy atom. The number of carbonyl (C=O) groups is 2. The SMILES string of the molecule is COc1cc(/C=C/C(=O)N(C)C(C)c2cccc(NC(=O)c3ccccc3)c2)cc2c1OCCO2. The van der Waals surface area contributed by atoms with E-state index in [-0.39, 0.29) is 17.9 Å². The smallest absolute Gasteiger partial charge is 0.255 e. The van der Waals surface area contributed by atoms with Crippen LogP contribution in [0.5, 0.6) is 17.2 Å². The number of hydrogen-bond acceptors (Lipinski definition) is 5. The van der Waals surface area contributed by atoms with Crippen molar-refractivity contribution in [2.45, 2.75) is 13.0 Å². The molecule has 0 saturated carbocycles. The van der Waals surface area contributed by atoms with E-state index in [0.717, 1.165) is 11.1 Å². The van der Waals surface area contributed by atoms with Crippen LogP contribution in [0.25, 0.3) is 6.08 Å². The molecule has 2 amide bonds. The lowest BCUT2D eigenvalue weighted by Crippen LogP contribution is -2.28. The van der Waals surface area contributed by atoms with Crippen LogP contribution in [0.4, 0.5) is 5.69 Å². The molecule has 0 spiro atoms. The number of nitrogens with zero attached hydrogens (tertiary/aromatic N) is 1. The monoisotopic (exact) mass is 472 g/mol. The molecule has 1 unspecified atom stereocenters. The molecular weight excluding hydrogens is 444 g/mol. The second kappa shape index (κ2) is 10.8. The first-order valence-electron chi connectivity index (χ1n) is 11.3.